The highest BCUT2D eigenvalue weighted by Crippen LogP contribution is 1.81. The summed E-state index contributed by atoms with van der Waals surface area (Å²) in [6, 6.07) is 0. The van der Waals surface area contributed by atoms with Gasteiger partial charge in [0.1, 0.15) is 6.61 Å². The molecule has 0 saturated carbocycles. The summed E-state index contributed by atoms with van der Waals surface area (Å²) in [5.41, 5.74) is 0. The fraction of sp³-hybridized carbons (Fsp3) is 0.250. The number of rotatable bonds is 0. The molecule has 0 bridgehead atoms. The van der Waals surface area contributed by atoms with Gasteiger partial charge in [-0.1, -0.05) is 5.16 Å². The van der Waals surface area contributed by atoms with Crippen LogP contribution >= 0.6 is 0 Å². The normalized spacial score (nSPS) is 17.3. The van der Waals surface area contributed by atoms with Crippen LogP contribution in [0.3, 0.4) is 0 Å². The third-order valence-corrected chi connectivity index (χ3v) is 0.528. The lowest BCUT2D eigenvalue weighted by molar-refractivity contribution is 0.173. The summed E-state index contributed by atoms with van der Waals surface area (Å²) in [6.07, 6.45) is 5.36. The van der Waals surface area contributed by atoms with Gasteiger partial charge in [-0.3, -0.25) is 0 Å². The molecule has 1 aliphatic heterocycles. The van der Waals surface area contributed by atoms with E-state index in [0.29, 0.717) is 6.61 Å². The maximum Gasteiger partial charge on any atom is 0.135 e. The summed E-state index contributed by atoms with van der Waals surface area (Å²) in [6.45, 7) is 0.622. The van der Waals surface area contributed by atoms with Gasteiger partial charge in [-0.25, -0.2) is 0 Å². The van der Waals surface area contributed by atoms with Gasteiger partial charge in [-0.05, 0) is 12.2 Å². The first-order chi connectivity index (χ1) is 3.00. The second kappa shape index (κ2) is 1.60. The van der Waals surface area contributed by atoms with Crippen molar-refractivity contribution >= 4 is 6.21 Å². The van der Waals surface area contributed by atoms with E-state index in [1.54, 1.807) is 6.21 Å². The van der Waals surface area contributed by atoms with E-state index in [-0.39, 0.29) is 0 Å². The van der Waals surface area contributed by atoms with Crippen LogP contribution < -0.4 is 0 Å². The predicted octanol–water partition coefficient (Wildman–Crippen LogP) is 0.559. The fourth-order valence-electron chi connectivity index (χ4n) is 0.281. The zero-order chi connectivity index (χ0) is 4.24. The molecule has 2 nitrogen and oxygen atoms in total. The first-order valence-electron chi connectivity index (χ1n) is 1.80. The third kappa shape index (κ3) is 0.578. The molecule has 0 aliphatic carbocycles. The molecule has 1 rings (SSSR count). The predicted molar refractivity (Wildman–Crippen MR) is 23.6 cm³/mol. The van der Waals surface area contributed by atoms with Crippen LogP contribution in [0.15, 0.2) is 17.3 Å². The molecule has 1 heterocycles. The van der Waals surface area contributed by atoms with E-state index in [1.807, 2.05) is 12.2 Å². The van der Waals surface area contributed by atoms with Crippen molar-refractivity contribution in [3.05, 3.63) is 12.2 Å². The molecule has 0 unspecified atom stereocenters. The van der Waals surface area contributed by atoms with Gasteiger partial charge >= 0.3 is 0 Å². The SMILES string of the molecule is C1=CCON=C1. The summed E-state index contributed by atoms with van der Waals surface area (Å²) < 4.78 is 0. The van der Waals surface area contributed by atoms with Crippen LogP contribution in [0.4, 0.5) is 0 Å². The molecule has 0 aromatic heterocycles. The van der Waals surface area contributed by atoms with Gasteiger partial charge in [-0.2, -0.15) is 0 Å². The minimum atomic E-state index is 0.622. The third-order valence-electron chi connectivity index (χ3n) is 0.528. The minimum Gasteiger partial charge on any atom is -0.392 e. The molecule has 0 aromatic rings. The van der Waals surface area contributed by atoms with E-state index >= 15 is 0 Å². The van der Waals surface area contributed by atoms with Crippen LogP contribution in [0.1, 0.15) is 0 Å². The van der Waals surface area contributed by atoms with E-state index in [2.05, 4.69) is 9.99 Å². The number of nitrogens with zero attached hydrogens (tertiary/aromatic N) is 1. The Hall–Kier alpha value is -0.790. The molecule has 0 spiro atoms. The van der Waals surface area contributed by atoms with Crippen molar-refractivity contribution in [1.29, 1.82) is 0 Å². The first-order valence-corrected chi connectivity index (χ1v) is 1.80. The van der Waals surface area contributed by atoms with E-state index in [1.165, 1.54) is 0 Å². The summed E-state index contributed by atoms with van der Waals surface area (Å²) in [5, 5.41) is 3.47. The van der Waals surface area contributed by atoms with Crippen LogP contribution in [0.25, 0.3) is 0 Å². The Labute approximate surface area is 36.1 Å². The van der Waals surface area contributed by atoms with Crippen LogP contribution in [0.5, 0.6) is 0 Å². The van der Waals surface area contributed by atoms with E-state index < -0.39 is 0 Å². The Morgan fingerprint density at radius 2 is 2.67 bits per heavy atom. The molecule has 0 atom stereocenters. The van der Waals surface area contributed by atoms with Gasteiger partial charge in [0, 0.05) is 0 Å². The lowest BCUT2D eigenvalue weighted by Crippen LogP contribution is -1.86. The van der Waals surface area contributed by atoms with Gasteiger partial charge < -0.3 is 4.84 Å². The second-order valence-electron chi connectivity index (χ2n) is 0.978. The van der Waals surface area contributed by atoms with E-state index in [4.69, 9.17) is 0 Å². The second-order valence-corrected chi connectivity index (χ2v) is 0.978. The van der Waals surface area contributed by atoms with Gasteiger partial charge in [-0.15, -0.1) is 0 Å². The van der Waals surface area contributed by atoms with E-state index in [0.717, 1.165) is 0 Å². The van der Waals surface area contributed by atoms with Crippen LogP contribution in [-0.4, -0.2) is 12.8 Å². The molecule has 1 aliphatic rings. The Bertz CT molecular complexity index is 73.5. The van der Waals surface area contributed by atoms with Gasteiger partial charge in [0.2, 0.25) is 0 Å². The molecule has 0 amide bonds. The van der Waals surface area contributed by atoms with Crippen molar-refractivity contribution in [2.75, 3.05) is 6.61 Å². The highest BCUT2D eigenvalue weighted by Gasteiger charge is 1.77. The molecular formula is C4H5NO. The molecule has 2 heteroatoms. The highest BCUT2D eigenvalue weighted by atomic mass is 16.6. The molecule has 0 radical (unpaired) electrons. The van der Waals surface area contributed by atoms with Crippen molar-refractivity contribution in [2.45, 2.75) is 0 Å². The highest BCUT2D eigenvalue weighted by molar-refractivity contribution is 5.70. The van der Waals surface area contributed by atoms with Gasteiger partial charge in [0.25, 0.3) is 0 Å². The quantitative estimate of drug-likeness (QED) is 0.419. The summed E-state index contributed by atoms with van der Waals surface area (Å²) in [4.78, 5) is 4.55. The number of oxime groups is 1. The number of hydrogen-bond donors (Lipinski definition) is 0. The van der Waals surface area contributed by atoms with Gasteiger partial charge in [0.05, 0.1) is 6.21 Å². The molecule has 0 aromatic carbocycles. The lowest BCUT2D eigenvalue weighted by atomic mass is 10.5. The zero-order valence-electron chi connectivity index (χ0n) is 3.29. The fourth-order valence-corrected chi connectivity index (χ4v) is 0.281. The summed E-state index contributed by atoms with van der Waals surface area (Å²) >= 11 is 0. The van der Waals surface area contributed by atoms with E-state index in [9.17, 15) is 0 Å². The minimum absolute atomic E-state index is 0.622. The average Bonchev–Trinajstić information content (AvgIpc) is 1.72. The Morgan fingerprint density at radius 3 is 2.83 bits per heavy atom. The van der Waals surface area contributed by atoms with Crippen LogP contribution in [0.2, 0.25) is 0 Å². The standard InChI is InChI=1S/C4H5NO/c1-2-4-6-5-3-1/h1-3H,4H2. The number of allylic oxidation sites excluding steroid dienone is 1. The molecule has 32 valence electrons. The molecule has 0 saturated heterocycles. The topological polar surface area (TPSA) is 21.6 Å². The van der Waals surface area contributed by atoms with Crippen molar-refractivity contribution in [2.24, 2.45) is 5.16 Å². The molecule has 0 N–H and O–H groups in total. The Morgan fingerprint density at radius 1 is 1.67 bits per heavy atom. The van der Waals surface area contributed by atoms with Crippen molar-refractivity contribution < 1.29 is 4.84 Å². The van der Waals surface area contributed by atoms with Crippen molar-refractivity contribution in [1.82, 2.24) is 0 Å². The largest absolute Gasteiger partial charge is 0.392 e. The Balaban J connectivity index is 2.46. The molecular weight excluding hydrogens is 78.0 g/mol. The maximum atomic E-state index is 4.55. The summed E-state index contributed by atoms with van der Waals surface area (Å²) in [7, 11) is 0. The Kier molecular flexibility index (Phi) is 0.906. The average molecular weight is 83.1 g/mol. The van der Waals surface area contributed by atoms with Crippen LogP contribution in [0, 0.1) is 0 Å². The van der Waals surface area contributed by atoms with Crippen molar-refractivity contribution in [3.63, 3.8) is 0 Å². The first kappa shape index (κ1) is 3.40. The summed E-state index contributed by atoms with van der Waals surface area (Å²) in [5.74, 6) is 0. The molecule has 0 fully saturated rings. The smallest absolute Gasteiger partial charge is 0.135 e. The lowest BCUT2D eigenvalue weighted by Gasteiger charge is -1.92. The van der Waals surface area contributed by atoms with Gasteiger partial charge in [0.15, 0.2) is 0 Å². The van der Waals surface area contributed by atoms with Crippen LogP contribution in [-0.2, 0) is 4.84 Å². The maximum absolute atomic E-state index is 4.55. The van der Waals surface area contributed by atoms with Crippen molar-refractivity contribution in [3.8, 4) is 0 Å². The molecule has 6 heavy (non-hydrogen) atoms. The monoisotopic (exact) mass is 83.0 g/mol. The number of hydrogen-bond acceptors (Lipinski definition) is 2. The zero-order valence-corrected chi connectivity index (χ0v) is 3.29.